The maximum atomic E-state index is 5.11. The molecule has 3 nitrogen and oxygen atoms in total. The Bertz CT molecular complexity index is 249. The summed E-state index contributed by atoms with van der Waals surface area (Å²) in [6.07, 6.45) is 1.78. The first kappa shape index (κ1) is 11.8. The second kappa shape index (κ2) is 6.29. The Kier molecular flexibility index (Phi) is 5.68. The fraction of sp³-hybridized carbons (Fsp3) is 0.500. The molecule has 0 aliphatic rings. The van der Waals surface area contributed by atoms with E-state index in [1.54, 1.807) is 13.3 Å². The van der Waals surface area contributed by atoms with E-state index in [-0.39, 0.29) is 0 Å². The molecule has 0 spiro atoms. The van der Waals surface area contributed by atoms with E-state index in [1.165, 1.54) is 0 Å². The molecule has 1 heterocycles. The molecule has 0 atom stereocenters. The van der Waals surface area contributed by atoms with Crippen molar-refractivity contribution in [1.82, 2.24) is 4.98 Å². The van der Waals surface area contributed by atoms with Crippen LogP contribution in [0.3, 0.4) is 0 Å². The molecule has 0 bridgehead atoms. The second-order valence-corrected chi connectivity index (χ2v) is 2.29. The zero-order valence-corrected chi connectivity index (χ0v) is 9.01. The number of hydrogen-bond donors (Lipinski definition) is 1. The van der Waals surface area contributed by atoms with E-state index in [1.807, 2.05) is 33.9 Å². The number of aryl methyl sites for hydroxylation is 1. The molecule has 13 heavy (non-hydrogen) atoms. The summed E-state index contributed by atoms with van der Waals surface area (Å²) in [6, 6.07) is 1.87. The van der Waals surface area contributed by atoms with Crippen molar-refractivity contribution in [3.8, 4) is 5.75 Å². The van der Waals surface area contributed by atoms with E-state index in [2.05, 4.69) is 10.3 Å². The number of pyridine rings is 1. The summed E-state index contributed by atoms with van der Waals surface area (Å²) in [5.41, 5.74) is 1.05. The van der Waals surface area contributed by atoms with Gasteiger partial charge in [0.25, 0.3) is 0 Å². The van der Waals surface area contributed by atoms with Gasteiger partial charge in [0.05, 0.1) is 7.11 Å². The van der Waals surface area contributed by atoms with Crippen molar-refractivity contribution in [2.24, 2.45) is 0 Å². The number of anilines is 1. The van der Waals surface area contributed by atoms with Crippen molar-refractivity contribution < 1.29 is 4.74 Å². The van der Waals surface area contributed by atoms with Gasteiger partial charge in [-0.2, -0.15) is 0 Å². The number of nitrogens with zero attached hydrogens (tertiary/aromatic N) is 1. The highest BCUT2D eigenvalue weighted by molar-refractivity contribution is 5.43. The molecule has 0 saturated carbocycles. The zero-order chi connectivity index (χ0) is 10.3. The van der Waals surface area contributed by atoms with Gasteiger partial charge in [-0.1, -0.05) is 13.8 Å². The average Bonchev–Trinajstić information content (AvgIpc) is 2.22. The van der Waals surface area contributed by atoms with Crippen LogP contribution in [-0.2, 0) is 0 Å². The molecule has 0 amide bonds. The van der Waals surface area contributed by atoms with Crippen molar-refractivity contribution in [1.29, 1.82) is 0 Å². The number of hydrogen-bond acceptors (Lipinski definition) is 3. The van der Waals surface area contributed by atoms with E-state index in [9.17, 15) is 0 Å². The van der Waals surface area contributed by atoms with Gasteiger partial charge in [0.1, 0.15) is 11.6 Å². The lowest BCUT2D eigenvalue weighted by Gasteiger charge is -2.05. The molecule has 0 fully saturated rings. The van der Waals surface area contributed by atoms with Crippen molar-refractivity contribution in [3.63, 3.8) is 0 Å². The van der Waals surface area contributed by atoms with Gasteiger partial charge in [0, 0.05) is 24.9 Å². The molecule has 0 aliphatic carbocycles. The standard InChI is InChI=1S/C8H12N2O.C2H6/c1-6-5-10-8(9-2)4-7(6)11-3;1-2/h4-5H,1-3H3,(H,9,10);1-2H3. The Morgan fingerprint density at radius 2 is 2.00 bits per heavy atom. The van der Waals surface area contributed by atoms with E-state index in [0.29, 0.717) is 0 Å². The maximum absolute atomic E-state index is 5.11. The molecular weight excluding hydrogens is 164 g/mol. The largest absolute Gasteiger partial charge is 0.496 e. The third-order valence-electron chi connectivity index (χ3n) is 1.53. The Morgan fingerprint density at radius 3 is 2.46 bits per heavy atom. The summed E-state index contributed by atoms with van der Waals surface area (Å²) >= 11 is 0. The minimum Gasteiger partial charge on any atom is -0.496 e. The van der Waals surface area contributed by atoms with Crippen LogP contribution >= 0.6 is 0 Å². The first-order chi connectivity index (χ1) is 6.27. The SMILES string of the molecule is CC.CNc1cc(OC)c(C)cn1. The van der Waals surface area contributed by atoms with Gasteiger partial charge in [0.15, 0.2) is 0 Å². The normalized spacial score (nSPS) is 8.38. The summed E-state index contributed by atoms with van der Waals surface area (Å²) in [6.45, 7) is 5.96. The summed E-state index contributed by atoms with van der Waals surface area (Å²) in [4.78, 5) is 4.11. The summed E-state index contributed by atoms with van der Waals surface area (Å²) in [5.74, 6) is 1.69. The fourth-order valence-electron chi connectivity index (χ4n) is 0.862. The quantitative estimate of drug-likeness (QED) is 0.763. The lowest BCUT2D eigenvalue weighted by Crippen LogP contribution is -1.94. The smallest absolute Gasteiger partial charge is 0.129 e. The summed E-state index contributed by atoms with van der Waals surface area (Å²) in [5, 5.41) is 2.94. The minimum atomic E-state index is 0.826. The Balaban J connectivity index is 0.000000671. The predicted octanol–water partition coefficient (Wildman–Crippen LogP) is 2.47. The Hall–Kier alpha value is -1.25. The molecule has 0 aromatic carbocycles. The molecular formula is C10H18N2O. The molecule has 3 heteroatoms. The van der Waals surface area contributed by atoms with Crippen molar-refractivity contribution >= 4 is 5.82 Å². The van der Waals surface area contributed by atoms with Crippen LogP contribution in [0.1, 0.15) is 19.4 Å². The average molecular weight is 182 g/mol. The van der Waals surface area contributed by atoms with Gasteiger partial charge in [-0.15, -0.1) is 0 Å². The van der Waals surface area contributed by atoms with E-state index in [4.69, 9.17) is 4.74 Å². The Labute approximate surface area is 80.1 Å². The van der Waals surface area contributed by atoms with Gasteiger partial charge >= 0.3 is 0 Å². The van der Waals surface area contributed by atoms with Crippen LogP contribution in [0.4, 0.5) is 5.82 Å². The van der Waals surface area contributed by atoms with Crippen LogP contribution in [0.25, 0.3) is 0 Å². The first-order valence-corrected chi connectivity index (χ1v) is 4.46. The number of methoxy groups -OCH3 is 1. The summed E-state index contributed by atoms with van der Waals surface area (Å²) < 4.78 is 5.11. The van der Waals surface area contributed by atoms with Crippen LogP contribution in [0.15, 0.2) is 12.3 Å². The third kappa shape index (κ3) is 3.32. The molecule has 0 saturated heterocycles. The van der Waals surface area contributed by atoms with Crippen LogP contribution in [0, 0.1) is 6.92 Å². The third-order valence-corrected chi connectivity index (χ3v) is 1.53. The molecule has 0 radical (unpaired) electrons. The highest BCUT2D eigenvalue weighted by atomic mass is 16.5. The first-order valence-electron chi connectivity index (χ1n) is 4.46. The molecule has 1 N–H and O–H groups in total. The van der Waals surface area contributed by atoms with Gasteiger partial charge in [-0.25, -0.2) is 4.98 Å². The lowest BCUT2D eigenvalue weighted by molar-refractivity contribution is 0.411. The van der Waals surface area contributed by atoms with Gasteiger partial charge < -0.3 is 10.1 Å². The lowest BCUT2D eigenvalue weighted by atomic mass is 10.3. The topological polar surface area (TPSA) is 34.1 Å². The highest BCUT2D eigenvalue weighted by Crippen LogP contribution is 2.18. The monoisotopic (exact) mass is 182 g/mol. The fourth-order valence-corrected chi connectivity index (χ4v) is 0.862. The maximum Gasteiger partial charge on any atom is 0.129 e. The van der Waals surface area contributed by atoms with Crippen LogP contribution in [0.2, 0.25) is 0 Å². The van der Waals surface area contributed by atoms with Gasteiger partial charge in [0.2, 0.25) is 0 Å². The number of aromatic nitrogens is 1. The molecule has 0 aliphatic heterocycles. The number of rotatable bonds is 2. The summed E-state index contributed by atoms with van der Waals surface area (Å²) in [7, 11) is 3.48. The van der Waals surface area contributed by atoms with Crippen LogP contribution in [0.5, 0.6) is 5.75 Å². The van der Waals surface area contributed by atoms with E-state index in [0.717, 1.165) is 17.1 Å². The second-order valence-electron chi connectivity index (χ2n) is 2.29. The van der Waals surface area contributed by atoms with E-state index < -0.39 is 0 Å². The molecule has 74 valence electrons. The van der Waals surface area contributed by atoms with E-state index >= 15 is 0 Å². The van der Waals surface area contributed by atoms with Crippen molar-refractivity contribution in [3.05, 3.63) is 17.8 Å². The zero-order valence-electron chi connectivity index (χ0n) is 9.01. The molecule has 1 aromatic rings. The van der Waals surface area contributed by atoms with Crippen LogP contribution < -0.4 is 10.1 Å². The number of ether oxygens (including phenoxy) is 1. The predicted molar refractivity (Wildman–Crippen MR) is 56.4 cm³/mol. The van der Waals surface area contributed by atoms with Crippen molar-refractivity contribution in [2.75, 3.05) is 19.5 Å². The van der Waals surface area contributed by atoms with Gasteiger partial charge in [-0.3, -0.25) is 0 Å². The van der Waals surface area contributed by atoms with Crippen molar-refractivity contribution in [2.45, 2.75) is 20.8 Å². The minimum absolute atomic E-state index is 0.826. The highest BCUT2D eigenvalue weighted by Gasteiger charge is 1.98. The molecule has 0 unspecified atom stereocenters. The Morgan fingerprint density at radius 1 is 1.38 bits per heavy atom. The number of nitrogens with one attached hydrogen (secondary N) is 1. The molecule has 1 aromatic heterocycles. The van der Waals surface area contributed by atoms with Crippen LogP contribution in [-0.4, -0.2) is 19.1 Å². The van der Waals surface area contributed by atoms with Gasteiger partial charge in [-0.05, 0) is 6.92 Å². The molecule has 1 rings (SSSR count).